The zero-order valence-corrected chi connectivity index (χ0v) is 35.6. The Balaban J connectivity index is 1.10. The lowest BCUT2D eigenvalue weighted by atomic mass is 10.1. The van der Waals surface area contributed by atoms with Crippen LogP contribution in [0.15, 0.2) is 255 Å². The molecule has 0 aliphatic rings. The summed E-state index contributed by atoms with van der Waals surface area (Å²) >= 11 is 0. The Labute approximate surface area is 368 Å². The number of rotatable bonds is 8. The van der Waals surface area contributed by atoms with E-state index in [1.54, 1.807) is 0 Å². The van der Waals surface area contributed by atoms with Crippen molar-refractivity contribution in [2.75, 3.05) is 0 Å². The van der Waals surface area contributed by atoms with Crippen LogP contribution >= 0.6 is 0 Å². The maximum atomic E-state index is 2.50. The molecule has 0 atom stereocenters. The summed E-state index contributed by atoms with van der Waals surface area (Å²) in [6, 6.07) is 94.3. The number of nitrogens with zero attached hydrogens (tertiary/aromatic N) is 2. The molecule has 10 aromatic carbocycles. The SMILES string of the molecule is c1ccc(-c2ccc(-n3c4ccccc4c4cc(-n5c6ccccc6c6c([Si](c7ccccc7)(c7ccccc7)c7ccc(-c8ccccc8)cc7)cccc65)ccc43)cc2)cc1. The van der Waals surface area contributed by atoms with Crippen LogP contribution in [0.2, 0.25) is 0 Å². The van der Waals surface area contributed by atoms with E-state index >= 15 is 0 Å². The largest absolute Gasteiger partial charge is 0.309 e. The van der Waals surface area contributed by atoms with E-state index in [0.29, 0.717) is 0 Å². The maximum absolute atomic E-state index is 2.95. The van der Waals surface area contributed by atoms with E-state index in [1.807, 2.05) is 0 Å². The van der Waals surface area contributed by atoms with Gasteiger partial charge in [0.2, 0.25) is 0 Å². The average Bonchev–Trinajstić information content (AvgIpc) is 3.89. The molecule has 0 spiro atoms. The second kappa shape index (κ2) is 15.2. The van der Waals surface area contributed by atoms with Crippen molar-refractivity contribution in [2.24, 2.45) is 0 Å². The minimum absolute atomic E-state index is 1.15. The van der Waals surface area contributed by atoms with Gasteiger partial charge in [-0.2, -0.15) is 0 Å². The van der Waals surface area contributed by atoms with Crippen LogP contribution in [0, 0.1) is 0 Å². The highest BCUT2D eigenvalue weighted by atomic mass is 28.3. The van der Waals surface area contributed by atoms with Crippen molar-refractivity contribution >= 4 is 72.4 Å². The van der Waals surface area contributed by atoms with Crippen molar-refractivity contribution < 1.29 is 0 Å². The number of para-hydroxylation sites is 2. The molecule has 2 aromatic heterocycles. The molecular weight excluding hydrogens is 777 g/mol. The molecule has 3 heteroatoms. The van der Waals surface area contributed by atoms with Gasteiger partial charge in [-0.25, -0.2) is 0 Å². The second-order valence-corrected chi connectivity index (χ2v) is 20.2. The zero-order valence-electron chi connectivity index (χ0n) is 34.6. The first kappa shape index (κ1) is 36.8. The molecule has 2 heterocycles. The van der Waals surface area contributed by atoms with Gasteiger partial charge < -0.3 is 9.13 Å². The topological polar surface area (TPSA) is 9.86 Å². The Morgan fingerprint density at radius 2 is 0.667 bits per heavy atom. The smallest absolute Gasteiger partial charge is 0.180 e. The fourth-order valence-electron chi connectivity index (χ4n) is 10.3. The Bertz CT molecular complexity index is 3530. The van der Waals surface area contributed by atoms with E-state index in [-0.39, 0.29) is 0 Å². The summed E-state index contributed by atoms with van der Waals surface area (Å²) < 4.78 is 4.91. The first-order valence-corrected chi connectivity index (χ1v) is 23.8. The van der Waals surface area contributed by atoms with Gasteiger partial charge in [-0.3, -0.25) is 0 Å². The summed E-state index contributed by atoms with van der Waals surface area (Å²) in [5, 5.41) is 10.5. The van der Waals surface area contributed by atoms with Gasteiger partial charge >= 0.3 is 0 Å². The highest BCUT2D eigenvalue weighted by molar-refractivity contribution is 7.20. The molecule has 0 unspecified atom stereocenters. The molecule has 12 rings (SSSR count). The molecule has 0 saturated heterocycles. The van der Waals surface area contributed by atoms with E-state index in [0.717, 1.165) is 11.4 Å². The summed E-state index contributed by atoms with van der Waals surface area (Å²) in [6.07, 6.45) is 0. The van der Waals surface area contributed by atoms with Crippen molar-refractivity contribution in [1.29, 1.82) is 0 Å². The molecule has 0 bridgehead atoms. The van der Waals surface area contributed by atoms with Crippen LogP contribution in [-0.4, -0.2) is 17.2 Å². The first-order valence-electron chi connectivity index (χ1n) is 21.8. The van der Waals surface area contributed by atoms with Crippen LogP contribution in [0.5, 0.6) is 0 Å². The lowest BCUT2D eigenvalue weighted by Gasteiger charge is -2.35. The Morgan fingerprint density at radius 1 is 0.254 bits per heavy atom. The third kappa shape index (κ3) is 5.93. The third-order valence-corrected chi connectivity index (χ3v) is 17.9. The molecular formula is C60H42N2Si. The minimum atomic E-state index is -2.95. The number of benzene rings is 10. The first-order chi connectivity index (χ1) is 31.3. The molecule has 0 aliphatic heterocycles. The second-order valence-electron chi connectivity index (χ2n) is 16.4. The van der Waals surface area contributed by atoms with Gasteiger partial charge in [-0.15, -0.1) is 0 Å². The lowest BCUT2D eigenvalue weighted by Crippen LogP contribution is -2.74. The molecule has 0 radical (unpaired) electrons. The Hall–Kier alpha value is -7.98. The zero-order chi connectivity index (χ0) is 41.7. The Morgan fingerprint density at radius 3 is 1.27 bits per heavy atom. The van der Waals surface area contributed by atoms with Gasteiger partial charge in [0.25, 0.3) is 0 Å². The quantitative estimate of drug-likeness (QED) is 0.107. The van der Waals surface area contributed by atoms with Gasteiger partial charge in [0.1, 0.15) is 0 Å². The summed E-state index contributed by atoms with van der Waals surface area (Å²) in [5.74, 6) is 0. The molecule has 0 aliphatic carbocycles. The third-order valence-electron chi connectivity index (χ3n) is 13.1. The van der Waals surface area contributed by atoms with Gasteiger partial charge in [0.05, 0.1) is 22.1 Å². The van der Waals surface area contributed by atoms with E-state index in [1.165, 1.54) is 86.6 Å². The predicted molar refractivity (Wildman–Crippen MR) is 270 cm³/mol. The van der Waals surface area contributed by atoms with Gasteiger partial charge in [-0.05, 0) is 91.5 Å². The minimum Gasteiger partial charge on any atom is -0.309 e. The highest BCUT2D eigenvalue weighted by Gasteiger charge is 2.43. The molecule has 63 heavy (non-hydrogen) atoms. The Kier molecular flexibility index (Phi) is 8.87. The number of aromatic nitrogens is 2. The van der Waals surface area contributed by atoms with Crippen LogP contribution in [0.3, 0.4) is 0 Å². The van der Waals surface area contributed by atoms with Crippen molar-refractivity contribution in [2.45, 2.75) is 0 Å². The van der Waals surface area contributed by atoms with Crippen LogP contribution in [0.1, 0.15) is 0 Å². The molecule has 0 amide bonds. The van der Waals surface area contributed by atoms with Crippen molar-refractivity contribution in [1.82, 2.24) is 9.13 Å². The monoisotopic (exact) mass is 818 g/mol. The fourth-order valence-corrected chi connectivity index (χ4v) is 15.3. The average molecular weight is 819 g/mol. The van der Waals surface area contributed by atoms with Crippen LogP contribution in [0.4, 0.5) is 0 Å². The summed E-state index contributed by atoms with van der Waals surface area (Å²) in [7, 11) is -2.95. The van der Waals surface area contributed by atoms with Crippen LogP contribution < -0.4 is 20.7 Å². The van der Waals surface area contributed by atoms with E-state index in [2.05, 4.69) is 264 Å². The fraction of sp³-hybridized carbons (Fsp3) is 0. The lowest BCUT2D eigenvalue weighted by molar-refractivity contribution is 1.17. The molecule has 296 valence electrons. The number of fused-ring (bicyclic) bond motifs is 6. The molecule has 0 N–H and O–H groups in total. The van der Waals surface area contributed by atoms with Gasteiger partial charge in [-0.1, -0.05) is 206 Å². The van der Waals surface area contributed by atoms with E-state index in [4.69, 9.17) is 0 Å². The van der Waals surface area contributed by atoms with Gasteiger partial charge in [0, 0.05) is 32.9 Å². The van der Waals surface area contributed by atoms with Gasteiger partial charge in [0.15, 0.2) is 8.07 Å². The highest BCUT2D eigenvalue weighted by Crippen LogP contribution is 2.37. The normalized spacial score (nSPS) is 11.8. The maximum Gasteiger partial charge on any atom is 0.180 e. The van der Waals surface area contributed by atoms with Crippen molar-refractivity contribution in [3.05, 3.63) is 255 Å². The molecule has 2 nitrogen and oxygen atoms in total. The molecule has 12 aromatic rings. The van der Waals surface area contributed by atoms with Crippen molar-refractivity contribution in [3.63, 3.8) is 0 Å². The van der Waals surface area contributed by atoms with Crippen molar-refractivity contribution in [3.8, 4) is 33.6 Å². The van der Waals surface area contributed by atoms with E-state index < -0.39 is 8.07 Å². The summed E-state index contributed by atoms with van der Waals surface area (Å²) in [4.78, 5) is 0. The van der Waals surface area contributed by atoms with E-state index in [9.17, 15) is 0 Å². The molecule has 0 fully saturated rings. The predicted octanol–water partition coefficient (Wildman–Crippen LogP) is 12.6. The molecule has 0 saturated carbocycles. The number of hydrogen-bond donors (Lipinski definition) is 0. The van der Waals surface area contributed by atoms with Crippen LogP contribution in [-0.2, 0) is 0 Å². The standard InChI is InChI=1S/C60H42N2Si/c1-5-18-43(19-6-1)45-32-36-47(37-33-45)61-55-28-15-13-26-52(55)54-42-48(38-41-57(54)61)62-56-29-16-14-27-53(56)60-58(62)30-17-31-59(60)63(49-22-9-3-10-23-49,50-24-11-4-12-25-50)51-39-34-46(35-40-51)44-20-7-2-8-21-44/h1-42H. The number of hydrogen-bond acceptors (Lipinski definition) is 0. The van der Waals surface area contributed by atoms with Crippen LogP contribution in [0.25, 0.3) is 77.2 Å². The summed E-state index contributed by atoms with van der Waals surface area (Å²) in [5.41, 5.74) is 12.0. The summed E-state index contributed by atoms with van der Waals surface area (Å²) in [6.45, 7) is 0.